The van der Waals surface area contributed by atoms with Gasteiger partial charge in [0.15, 0.2) is 0 Å². The monoisotopic (exact) mass is 506 g/mol. The van der Waals surface area contributed by atoms with E-state index in [1.54, 1.807) is 0 Å². The summed E-state index contributed by atoms with van der Waals surface area (Å²) in [5.74, 6) is 2.37. The van der Waals surface area contributed by atoms with Gasteiger partial charge in [-0.15, -0.1) is 0 Å². The van der Waals surface area contributed by atoms with Crippen LogP contribution in [0.2, 0.25) is 0 Å². The smallest absolute Gasteiger partial charge is 0.140 e. The second-order valence-electron chi connectivity index (χ2n) is 10.0. The molecule has 0 radical (unpaired) electrons. The Morgan fingerprint density at radius 2 is 1.81 bits per heavy atom. The number of hydrogen-bond donors (Lipinski definition) is 0. The number of imidazole rings is 2. The predicted octanol–water partition coefficient (Wildman–Crippen LogP) is 8.07. The van der Waals surface area contributed by atoms with Gasteiger partial charge in [-0.25, -0.2) is 9.97 Å². The molecule has 2 heterocycles. The largest absolute Gasteiger partial charge is 0.327 e. The summed E-state index contributed by atoms with van der Waals surface area (Å²) in [6.45, 7) is 5.16. The first-order chi connectivity index (χ1) is 18.0. The van der Waals surface area contributed by atoms with Crippen LogP contribution in [-0.4, -0.2) is 19.1 Å². The number of aromatic nitrogens is 4. The molecule has 4 nitrogen and oxygen atoms in total. The van der Waals surface area contributed by atoms with Crippen LogP contribution in [0.5, 0.6) is 0 Å². The van der Waals surface area contributed by atoms with Crippen molar-refractivity contribution in [2.24, 2.45) is 7.05 Å². The van der Waals surface area contributed by atoms with Gasteiger partial charge in [0.25, 0.3) is 0 Å². The summed E-state index contributed by atoms with van der Waals surface area (Å²) in [6, 6.07) is 21.7. The van der Waals surface area contributed by atoms with Crippen LogP contribution in [0.3, 0.4) is 0 Å². The number of fused-ring (bicyclic) bond motifs is 2. The highest BCUT2D eigenvalue weighted by Gasteiger charge is 2.18. The molecule has 1 aliphatic carbocycles. The molecular weight excluding hydrogens is 476 g/mol. The zero-order valence-corrected chi connectivity index (χ0v) is 22.3. The molecule has 0 saturated heterocycles. The van der Waals surface area contributed by atoms with Crippen LogP contribution in [0.4, 0.5) is 0 Å². The lowest BCUT2D eigenvalue weighted by atomic mass is 9.91. The van der Waals surface area contributed by atoms with Gasteiger partial charge in [-0.05, 0) is 66.8 Å². The number of rotatable bonds is 6. The molecule has 37 heavy (non-hydrogen) atoms. The number of nitrogens with zero attached hydrogens (tertiary/aromatic N) is 4. The SMILES string of the molecule is CCCc1nc2c(C)cc(-c3nc4ccccc4n3C)cc2n1Cc1ccc(C2CC=CC=C2Cl)cc1. The predicted molar refractivity (Wildman–Crippen MR) is 154 cm³/mol. The zero-order valence-electron chi connectivity index (χ0n) is 21.6. The minimum atomic E-state index is 0.254. The third-order valence-electron chi connectivity index (χ3n) is 7.46. The topological polar surface area (TPSA) is 35.6 Å². The minimum Gasteiger partial charge on any atom is -0.327 e. The fourth-order valence-corrected chi connectivity index (χ4v) is 5.79. The molecular formula is C32H31ClN4. The maximum Gasteiger partial charge on any atom is 0.140 e. The Balaban J connectivity index is 1.41. The highest BCUT2D eigenvalue weighted by molar-refractivity contribution is 6.30. The molecule has 5 aromatic rings. The van der Waals surface area contributed by atoms with Crippen LogP contribution < -0.4 is 0 Å². The maximum absolute atomic E-state index is 6.50. The highest BCUT2D eigenvalue weighted by atomic mass is 35.5. The van der Waals surface area contributed by atoms with E-state index in [9.17, 15) is 0 Å². The molecule has 0 saturated carbocycles. The van der Waals surface area contributed by atoms with Crippen molar-refractivity contribution in [1.29, 1.82) is 0 Å². The lowest BCUT2D eigenvalue weighted by Crippen LogP contribution is -2.06. The molecule has 5 heteroatoms. The number of halogens is 1. The van der Waals surface area contributed by atoms with Gasteiger partial charge < -0.3 is 9.13 Å². The summed E-state index contributed by atoms with van der Waals surface area (Å²) in [5, 5.41) is 0.908. The summed E-state index contributed by atoms with van der Waals surface area (Å²) >= 11 is 6.50. The van der Waals surface area contributed by atoms with Crippen molar-refractivity contribution < 1.29 is 0 Å². The number of para-hydroxylation sites is 2. The normalized spacial score (nSPS) is 15.6. The van der Waals surface area contributed by atoms with Gasteiger partial charge >= 0.3 is 0 Å². The van der Waals surface area contributed by atoms with E-state index in [2.05, 4.69) is 90.7 Å². The Hall–Kier alpha value is -3.63. The number of benzene rings is 3. The van der Waals surface area contributed by atoms with E-state index < -0.39 is 0 Å². The number of hydrogen-bond acceptors (Lipinski definition) is 2. The van der Waals surface area contributed by atoms with Crippen LogP contribution in [0.15, 0.2) is 83.9 Å². The first-order valence-corrected chi connectivity index (χ1v) is 13.4. The summed E-state index contributed by atoms with van der Waals surface area (Å²) in [7, 11) is 2.09. The molecule has 0 bridgehead atoms. The molecule has 1 atom stereocenters. The molecule has 186 valence electrons. The lowest BCUT2D eigenvalue weighted by molar-refractivity contribution is 0.721. The third kappa shape index (κ3) is 4.30. The Morgan fingerprint density at radius 3 is 2.57 bits per heavy atom. The standard InChI is InChI=1S/C32H31ClN4/c1-4-9-30-35-31-21(2)18-24(32-34-27-12-7-8-13-28(27)36(32)3)19-29(31)37(30)20-22-14-16-23(17-15-22)25-10-5-6-11-26(25)33/h5-8,11-19,25H,4,9-10,20H2,1-3H3. The van der Waals surface area contributed by atoms with Gasteiger partial charge in [0.2, 0.25) is 0 Å². The molecule has 0 amide bonds. The van der Waals surface area contributed by atoms with Crippen molar-refractivity contribution >= 4 is 33.7 Å². The Labute approximate surface area is 222 Å². The van der Waals surface area contributed by atoms with E-state index in [0.717, 1.165) is 70.1 Å². The maximum atomic E-state index is 6.50. The van der Waals surface area contributed by atoms with Crippen molar-refractivity contribution in [3.05, 3.63) is 106 Å². The second-order valence-corrected chi connectivity index (χ2v) is 10.5. The minimum absolute atomic E-state index is 0.254. The molecule has 3 aromatic carbocycles. The van der Waals surface area contributed by atoms with Gasteiger partial charge in [0, 0.05) is 36.5 Å². The molecule has 2 aromatic heterocycles. The first-order valence-electron chi connectivity index (χ1n) is 13.1. The average Bonchev–Trinajstić information content (AvgIpc) is 3.43. The third-order valence-corrected chi connectivity index (χ3v) is 7.85. The average molecular weight is 507 g/mol. The van der Waals surface area contributed by atoms with Gasteiger partial charge in [-0.3, -0.25) is 0 Å². The Kier molecular flexibility index (Phi) is 6.21. The molecule has 1 unspecified atom stereocenters. The van der Waals surface area contributed by atoms with Crippen molar-refractivity contribution in [3.63, 3.8) is 0 Å². The summed E-state index contributed by atoms with van der Waals surface area (Å²) in [6.07, 6.45) is 9.18. The van der Waals surface area contributed by atoms with Gasteiger partial charge in [-0.2, -0.15) is 0 Å². The molecule has 1 aliphatic rings. The number of allylic oxidation sites excluding steroid dienone is 4. The molecule has 0 N–H and O–H groups in total. The molecule has 0 aliphatic heterocycles. The highest BCUT2D eigenvalue weighted by Crippen LogP contribution is 2.34. The van der Waals surface area contributed by atoms with E-state index >= 15 is 0 Å². The van der Waals surface area contributed by atoms with Gasteiger partial charge in [0.05, 0.1) is 22.1 Å². The zero-order chi connectivity index (χ0) is 25.5. The quantitative estimate of drug-likeness (QED) is 0.233. The number of aryl methyl sites for hydroxylation is 3. The van der Waals surface area contributed by atoms with Crippen LogP contribution in [0.1, 0.15) is 48.2 Å². The Morgan fingerprint density at radius 1 is 1.00 bits per heavy atom. The van der Waals surface area contributed by atoms with E-state index in [4.69, 9.17) is 21.6 Å². The fourth-order valence-electron chi connectivity index (χ4n) is 5.50. The van der Waals surface area contributed by atoms with Crippen LogP contribution in [0, 0.1) is 6.92 Å². The second kappa shape index (κ2) is 9.68. The lowest BCUT2D eigenvalue weighted by Gasteiger charge is -2.18. The van der Waals surface area contributed by atoms with Crippen molar-refractivity contribution in [1.82, 2.24) is 19.1 Å². The summed E-state index contributed by atoms with van der Waals surface area (Å²) < 4.78 is 4.57. The Bertz CT molecular complexity index is 1670. The first kappa shape index (κ1) is 23.7. The van der Waals surface area contributed by atoms with Gasteiger partial charge in [-0.1, -0.05) is 67.1 Å². The van der Waals surface area contributed by atoms with E-state index in [1.807, 2.05) is 18.2 Å². The van der Waals surface area contributed by atoms with Crippen molar-refractivity contribution in [3.8, 4) is 11.4 Å². The van der Waals surface area contributed by atoms with Crippen LogP contribution in [-0.2, 0) is 20.0 Å². The molecule has 6 rings (SSSR count). The van der Waals surface area contributed by atoms with E-state index in [0.29, 0.717) is 0 Å². The van der Waals surface area contributed by atoms with Crippen molar-refractivity contribution in [2.75, 3.05) is 0 Å². The van der Waals surface area contributed by atoms with Crippen LogP contribution >= 0.6 is 11.6 Å². The van der Waals surface area contributed by atoms with Gasteiger partial charge in [0.1, 0.15) is 11.6 Å². The van der Waals surface area contributed by atoms with E-state index in [-0.39, 0.29) is 5.92 Å². The van der Waals surface area contributed by atoms with E-state index in [1.165, 1.54) is 16.7 Å². The summed E-state index contributed by atoms with van der Waals surface area (Å²) in [5.41, 5.74) is 9.22. The molecule has 0 fully saturated rings. The van der Waals surface area contributed by atoms with Crippen molar-refractivity contribution in [2.45, 2.75) is 45.6 Å². The molecule has 0 spiro atoms. The van der Waals surface area contributed by atoms with Crippen LogP contribution in [0.25, 0.3) is 33.5 Å². The fraction of sp³-hybridized carbons (Fsp3) is 0.250. The summed E-state index contributed by atoms with van der Waals surface area (Å²) in [4.78, 5) is 10.1.